The van der Waals surface area contributed by atoms with E-state index in [1.54, 1.807) is 6.20 Å². The first-order valence-electron chi connectivity index (χ1n) is 3.36. The van der Waals surface area contributed by atoms with Gasteiger partial charge in [-0.3, -0.25) is 0 Å². The number of rotatable bonds is 0. The van der Waals surface area contributed by atoms with Crippen LogP contribution in [0.3, 0.4) is 0 Å². The van der Waals surface area contributed by atoms with Crippen LogP contribution in [0.5, 0.6) is 0 Å². The maximum absolute atomic E-state index is 5.87. The van der Waals surface area contributed by atoms with Crippen LogP contribution in [0.4, 0.5) is 0 Å². The van der Waals surface area contributed by atoms with Gasteiger partial charge in [0.25, 0.3) is 0 Å². The van der Waals surface area contributed by atoms with Gasteiger partial charge < -0.3 is 4.98 Å². The van der Waals surface area contributed by atoms with Crippen molar-refractivity contribution < 1.29 is 0 Å². The number of aromatic nitrogens is 2. The second-order valence-corrected chi connectivity index (χ2v) is 2.95. The minimum Gasteiger partial charge on any atom is -0.345 e. The lowest BCUT2D eigenvalue weighted by Crippen LogP contribution is -1.77. The highest BCUT2D eigenvalue weighted by Gasteiger charge is 2.00. The zero-order chi connectivity index (χ0) is 7.84. The molecule has 0 saturated carbocycles. The summed E-state index contributed by atoms with van der Waals surface area (Å²) in [7, 11) is 0. The highest BCUT2D eigenvalue weighted by Crippen LogP contribution is 2.21. The monoisotopic (exact) mass is 166 g/mol. The lowest BCUT2D eigenvalue weighted by atomic mass is 10.2. The van der Waals surface area contributed by atoms with Gasteiger partial charge in [-0.1, -0.05) is 11.6 Å². The predicted molar refractivity (Wildman–Crippen MR) is 45.8 cm³/mol. The lowest BCUT2D eigenvalue weighted by Gasteiger charge is -1.91. The topological polar surface area (TPSA) is 28.7 Å². The van der Waals surface area contributed by atoms with Crippen molar-refractivity contribution in [1.29, 1.82) is 0 Å². The number of aromatic amines is 1. The molecule has 0 aliphatic carbocycles. The van der Waals surface area contributed by atoms with Crippen molar-refractivity contribution in [3.05, 3.63) is 29.0 Å². The molecule has 0 aliphatic rings. The Morgan fingerprint density at radius 2 is 2.36 bits per heavy atom. The van der Waals surface area contributed by atoms with E-state index in [-0.39, 0.29) is 0 Å². The van der Waals surface area contributed by atoms with Crippen LogP contribution in [0.1, 0.15) is 5.56 Å². The fourth-order valence-corrected chi connectivity index (χ4v) is 1.27. The summed E-state index contributed by atoms with van der Waals surface area (Å²) in [6, 6.07) is 2.02. The quantitative estimate of drug-likeness (QED) is 0.640. The molecule has 0 spiro atoms. The Morgan fingerprint density at radius 3 is 3.18 bits per heavy atom. The van der Waals surface area contributed by atoms with E-state index in [1.807, 2.05) is 19.2 Å². The Bertz CT molecular complexity index is 392. The van der Waals surface area contributed by atoms with Crippen LogP contribution >= 0.6 is 11.6 Å². The molecular weight excluding hydrogens is 160 g/mol. The van der Waals surface area contributed by atoms with Crippen LogP contribution in [0, 0.1) is 6.92 Å². The molecule has 0 aromatic carbocycles. The normalized spacial score (nSPS) is 10.7. The summed E-state index contributed by atoms with van der Waals surface area (Å²) in [6.07, 6.45) is 3.56. The third kappa shape index (κ3) is 0.994. The molecule has 56 valence electrons. The molecule has 0 atom stereocenters. The zero-order valence-electron chi connectivity index (χ0n) is 6.06. The number of pyridine rings is 1. The summed E-state index contributed by atoms with van der Waals surface area (Å²) in [5.74, 6) is 0. The molecular formula is C8H7ClN2. The van der Waals surface area contributed by atoms with Crippen LogP contribution in [0.25, 0.3) is 11.0 Å². The Morgan fingerprint density at radius 1 is 1.55 bits per heavy atom. The van der Waals surface area contributed by atoms with Crippen molar-refractivity contribution in [1.82, 2.24) is 9.97 Å². The van der Waals surface area contributed by atoms with Gasteiger partial charge in [0.15, 0.2) is 0 Å². The minimum absolute atomic E-state index is 0.733. The van der Waals surface area contributed by atoms with E-state index in [2.05, 4.69) is 9.97 Å². The average molecular weight is 167 g/mol. The van der Waals surface area contributed by atoms with Crippen LogP contribution in [-0.2, 0) is 0 Å². The molecule has 2 rings (SSSR count). The molecule has 2 aromatic rings. The molecule has 2 heterocycles. The van der Waals surface area contributed by atoms with Gasteiger partial charge in [0.05, 0.1) is 5.02 Å². The van der Waals surface area contributed by atoms with Gasteiger partial charge >= 0.3 is 0 Å². The second kappa shape index (κ2) is 2.24. The fourth-order valence-electron chi connectivity index (χ4n) is 1.08. The van der Waals surface area contributed by atoms with Crippen molar-refractivity contribution in [3.8, 4) is 0 Å². The maximum Gasteiger partial charge on any atom is 0.138 e. The Kier molecular flexibility index (Phi) is 1.36. The summed E-state index contributed by atoms with van der Waals surface area (Å²) in [4.78, 5) is 7.13. The molecule has 0 fully saturated rings. The zero-order valence-corrected chi connectivity index (χ0v) is 6.81. The van der Waals surface area contributed by atoms with Gasteiger partial charge in [0, 0.05) is 17.8 Å². The Hall–Kier alpha value is -1.02. The highest BCUT2D eigenvalue weighted by atomic mass is 35.5. The Labute approximate surface area is 69.2 Å². The minimum atomic E-state index is 0.733. The second-order valence-electron chi connectivity index (χ2n) is 2.55. The smallest absolute Gasteiger partial charge is 0.138 e. The van der Waals surface area contributed by atoms with Crippen LogP contribution in [0.2, 0.25) is 5.02 Å². The number of fused-ring (bicyclic) bond motifs is 1. The van der Waals surface area contributed by atoms with Crippen molar-refractivity contribution in [2.45, 2.75) is 6.92 Å². The van der Waals surface area contributed by atoms with E-state index >= 15 is 0 Å². The lowest BCUT2D eigenvalue weighted by molar-refractivity contribution is 1.29. The van der Waals surface area contributed by atoms with Crippen molar-refractivity contribution in [2.24, 2.45) is 0 Å². The van der Waals surface area contributed by atoms with Gasteiger partial charge in [0.1, 0.15) is 5.65 Å². The third-order valence-corrected chi connectivity index (χ3v) is 1.93. The number of halogens is 1. The molecule has 0 aliphatic heterocycles. The van der Waals surface area contributed by atoms with E-state index in [9.17, 15) is 0 Å². The summed E-state index contributed by atoms with van der Waals surface area (Å²) in [5.41, 5.74) is 1.97. The number of hydrogen-bond donors (Lipinski definition) is 1. The van der Waals surface area contributed by atoms with Crippen molar-refractivity contribution in [3.63, 3.8) is 0 Å². The van der Waals surface area contributed by atoms with Gasteiger partial charge in [-0.05, 0) is 18.6 Å². The first-order chi connectivity index (χ1) is 5.27. The van der Waals surface area contributed by atoms with E-state index in [1.165, 1.54) is 0 Å². The Balaban J connectivity index is 2.87. The molecule has 0 unspecified atom stereocenters. The van der Waals surface area contributed by atoms with E-state index in [0.717, 1.165) is 21.6 Å². The molecule has 1 N–H and O–H groups in total. The van der Waals surface area contributed by atoms with Gasteiger partial charge in [-0.15, -0.1) is 0 Å². The first-order valence-corrected chi connectivity index (χ1v) is 3.74. The number of hydrogen-bond acceptors (Lipinski definition) is 1. The molecule has 0 radical (unpaired) electrons. The molecule has 2 nitrogen and oxygen atoms in total. The number of H-pyrrole nitrogens is 1. The highest BCUT2D eigenvalue weighted by molar-refractivity contribution is 6.35. The molecule has 0 saturated heterocycles. The van der Waals surface area contributed by atoms with Gasteiger partial charge in [-0.25, -0.2) is 4.98 Å². The van der Waals surface area contributed by atoms with E-state index in [0.29, 0.717) is 0 Å². The number of nitrogens with zero attached hydrogens (tertiary/aromatic N) is 1. The number of aryl methyl sites for hydroxylation is 1. The molecule has 0 bridgehead atoms. The van der Waals surface area contributed by atoms with E-state index < -0.39 is 0 Å². The SMILES string of the molecule is Cc1cnc2[nH]cc(Cl)c2c1. The third-order valence-electron chi connectivity index (χ3n) is 1.62. The molecule has 3 heteroatoms. The summed E-state index contributed by atoms with van der Waals surface area (Å²) >= 11 is 5.87. The van der Waals surface area contributed by atoms with Gasteiger partial charge in [0.2, 0.25) is 0 Å². The standard InChI is InChI=1S/C8H7ClN2/c1-5-2-6-7(9)4-11-8(6)10-3-5/h2-4H,1H3,(H,10,11). The van der Waals surface area contributed by atoms with Crippen LogP contribution in [0.15, 0.2) is 18.5 Å². The van der Waals surface area contributed by atoms with Crippen molar-refractivity contribution >= 4 is 22.6 Å². The maximum atomic E-state index is 5.87. The molecule has 2 aromatic heterocycles. The summed E-state index contributed by atoms with van der Waals surface area (Å²) < 4.78 is 0. The summed E-state index contributed by atoms with van der Waals surface area (Å²) in [5, 5.41) is 1.72. The van der Waals surface area contributed by atoms with E-state index in [4.69, 9.17) is 11.6 Å². The average Bonchev–Trinajstić information content (AvgIpc) is 2.33. The summed E-state index contributed by atoms with van der Waals surface area (Å²) in [6.45, 7) is 2.00. The van der Waals surface area contributed by atoms with Gasteiger partial charge in [-0.2, -0.15) is 0 Å². The van der Waals surface area contributed by atoms with Crippen molar-refractivity contribution in [2.75, 3.05) is 0 Å². The first kappa shape index (κ1) is 6.68. The molecule has 11 heavy (non-hydrogen) atoms. The fraction of sp³-hybridized carbons (Fsp3) is 0.125. The van der Waals surface area contributed by atoms with Crippen LogP contribution in [-0.4, -0.2) is 9.97 Å². The molecule has 0 amide bonds. The number of nitrogens with one attached hydrogen (secondary N) is 1. The predicted octanol–water partition coefficient (Wildman–Crippen LogP) is 2.52. The van der Waals surface area contributed by atoms with Crippen LogP contribution < -0.4 is 0 Å². The largest absolute Gasteiger partial charge is 0.345 e.